The van der Waals surface area contributed by atoms with Crippen LogP contribution in [0.3, 0.4) is 0 Å². The van der Waals surface area contributed by atoms with Gasteiger partial charge in [0, 0.05) is 50.8 Å². The first kappa shape index (κ1) is 20.6. The zero-order valence-electron chi connectivity index (χ0n) is 18.1. The predicted octanol–water partition coefficient (Wildman–Crippen LogP) is 2.87. The number of pyridine rings is 1. The van der Waals surface area contributed by atoms with Gasteiger partial charge in [0.05, 0.1) is 11.6 Å². The lowest BCUT2D eigenvalue weighted by Gasteiger charge is -2.33. The van der Waals surface area contributed by atoms with Crippen molar-refractivity contribution in [2.75, 3.05) is 32.0 Å². The van der Waals surface area contributed by atoms with Crippen LogP contribution in [0.1, 0.15) is 51.6 Å². The Hall–Kier alpha value is -2.64. The number of piperidine rings is 1. The molecule has 8 heteroatoms. The van der Waals surface area contributed by atoms with E-state index in [0.717, 1.165) is 24.4 Å². The van der Waals surface area contributed by atoms with Crippen LogP contribution in [0.15, 0.2) is 18.3 Å². The number of rotatable bonds is 3. The summed E-state index contributed by atoms with van der Waals surface area (Å²) in [4.78, 5) is 33.0. The van der Waals surface area contributed by atoms with Crippen LogP contribution in [0.25, 0.3) is 5.65 Å². The SMILES string of the molecule is CN1CC(C(=O)N2CCC(c3nc4ccc(F)cn4c3NC(C)(C)C)CC2)CC1=O. The van der Waals surface area contributed by atoms with Crippen molar-refractivity contribution >= 4 is 23.3 Å². The van der Waals surface area contributed by atoms with Crippen molar-refractivity contribution in [3.63, 3.8) is 0 Å². The molecule has 162 valence electrons. The van der Waals surface area contributed by atoms with Gasteiger partial charge in [-0.1, -0.05) is 0 Å². The largest absolute Gasteiger partial charge is 0.365 e. The molecule has 2 aromatic heterocycles. The van der Waals surface area contributed by atoms with Crippen LogP contribution < -0.4 is 5.32 Å². The number of aromatic nitrogens is 2. The Labute approximate surface area is 176 Å². The van der Waals surface area contributed by atoms with E-state index in [0.29, 0.717) is 31.7 Å². The van der Waals surface area contributed by atoms with Crippen molar-refractivity contribution in [1.82, 2.24) is 19.2 Å². The molecule has 4 rings (SSSR count). The van der Waals surface area contributed by atoms with E-state index in [4.69, 9.17) is 4.98 Å². The molecule has 2 aliphatic heterocycles. The zero-order chi connectivity index (χ0) is 21.6. The Morgan fingerprint density at radius 1 is 1.23 bits per heavy atom. The number of fused-ring (bicyclic) bond motifs is 1. The number of hydrogen-bond donors (Lipinski definition) is 1. The van der Waals surface area contributed by atoms with Crippen LogP contribution in [0.2, 0.25) is 0 Å². The third-order valence-corrected chi connectivity index (χ3v) is 5.99. The number of carbonyl (C=O) groups excluding carboxylic acids is 2. The first-order valence-electron chi connectivity index (χ1n) is 10.6. The summed E-state index contributed by atoms with van der Waals surface area (Å²) in [7, 11) is 1.75. The van der Waals surface area contributed by atoms with E-state index in [1.165, 1.54) is 12.3 Å². The molecule has 1 N–H and O–H groups in total. The van der Waals surface area contributed by atoms with Crippen molar-refractivity contribution in [2.24, 2.45) is 5.92 Å². The van der Waals surface area contributed by atoms with Crippen LogP contribution in [0.5, 0.6) is 0 Å². The van der Waals surface area contributed by atoms with E-state index in [1.54, 1.807) is 22.4 Å². The molecule has 2 fully saturated rings. The summed E-state index contributed by atoms with van der Waals surface area (Å²) in [5, 5.41) is 3.50. The fraction of sp³-hybridized carbons (Fsp3) is 0.591. The number of imidazole rings is 1. The molecule has 0 spiro atoms. The minimum atomic E-state index is -0.306. The first-order valence-corrected chi connectivity index (χ1v) is 10.6. The minimum Gasteiger partial charge on any atom is -0.365 e. The summed E-state index contributed by atoms with van der Waals surface area (Å²) in [5.74, 6) is 0.601. The molecule has 2 amide bonds. The Balaban J connectivity index is 1.52. The molecule has 0 radical (unpaired) electrons. The second kappa shape index (κ2) is 7.56. The lowest BCUT2D eigenvalue weighted by atomic mass is 9.92. The Morgan fingerprint density at radius 2 is 1.93 bits per heavy atom. The summed E-state index contributed by atoms with van der Waals surface area (Å²) in [5.41, 5.74) is 1.44. The Morgan fingerprint density at radius 3 is 2.53 bits per heavy atom. The average molecular weight is 416 g/mol. The van der Waals surface area contributed by atoms with Crippen molar-refractivity contribution in [3.8, 4) is 0 Å². The maximum absolute atomic E-state index is 13.9. The third kappa shape index (κ3) is 4.00. The standard InChI is InChI=1S/C22H30FN5O2/c1-22(2,3)25-20-19(24-17-6-5-16(23)13-28(17)20)14-7-9-27(10-8-14)21(30)15-11-18(29)26(4)12-15/h5-6,13-15,25H,7-12H2,1-4H3. The summed E-state index contributed by atoms with van der Waals surface area (Å²) in [6.07, 6.45) is 3.37. The van der Waals surface area contributed by atoms with Crippen molar-refractivity contribution in [2.45, 2.75) is 51.5 Å². The molecule has 7 nitrogen and oxygen atoms in total. The summed E-state index contributed by atoms with van der Waals surface area (Å²) in [6.45, 7) is 8.00. The molecule has 0 bridgehead atoms. The first-order chi connectivity index (χ1) is 14.1. The van der Waals surface area contributed by atoms with Gasteiger partial charge in [0.2, 0.25) is 11.8 Å². The number of hydrogen-bond acceptors (Lipinski definition) is 4. The van der Waals surface area contributed by atoms with E-state index in [9.17, 15) is 14.0 Å². The minimum absolute atomic E-state index is 0.0399. The molecule has 2 aliphatic rings. The monoisotopic (exact) mass is 415 g/mol. The van der Waals surface area contributed by atoms with Crippen LogP contribution in [-0.2, 0) is 9.59 Å². The highest BCUT2D eigenvalue weighted by atomic mass is 19.1. The maximum Gasteiger partial charge on any atom is 0.227 e. The third-order valence-electron chi connectivity index (χ3n) is 5.99. The molecular weight excluding hydrogens is 385 g/mol. The number of halogens is 1. The highest BCUT2D eigenvalue weighted by molar-refractivity contribution is 5.89. The van der Waals surface area contributed by atoms with Gasteiger partial charge in [-0.15, -0.1) is 0 Å². The number of likely N-dealkylation sites (tertiary alicyclic amines) is 2. The van der Waals surface area contributed by atoms with Gasteiger partial charge in [0.1, 0.15) is 17.3 Å². The summed E-state index contributed by atoms with van der Waals surface area (Å²) >= 11 is 0. The second-order valence-corrected chi connectivity index (χ2v) is 9.57. The van der Waals surface area contributed by atoms with Gasteiger partial charge in [-0.3, -0.25) is 14.0 Å². The molecule has 2 saturated heterocycles. The molecule has 0 aliphatic carbocycles. The fourth-order valence-electron chi connectivity index (χ4n) is 4.46. The summed E-state index contributed by atoms with van der Waals surface area (Å²) in [6, 6.07) is 3.12. The van der Waals surface area contributed by atoms with E-state index < -0.39 is 0 Å². The molecule has 1 atom stereocenters. The lowest BCUT2D eigenvalue weighted by Crippen LogP contribution is -2.42. The van der Waals surface area contributed by atoms with Gasteiger partial charge in [-0.05, 0) is 45.7 Å². The lowest BCUT2D eigenvalue weighted by molar-refractivity contribution is -0.136. The topological polar surface area (TPSA) is 70.0 Å². The highest BCUT2D eigenvalue weighted by Gasteiger charge is 2.37. The molecule has 0 aromatic carbocycles. The van der Waals surface area contributed by atoms with Crippen molar-refractivity contribution < 1.29 is 14.0 Å². The fourth-order valence-corrected chi connectivity index (χ4v) is 4.46. The van der Waals surface area contributed by atoms with E-state index in [-0.39, 0.29) is 35.0 Å². The molecule has 2 aromatic rings. The molecular formula is C22H30FN5O2. The Bertz CT molecular complexity index is 972. The van der Waals surface area contributed by atoms with E-state index in [2.05, 4.69) is 26.1 Å². The van der Waals surface area contributed by atoms with Crippen LogP contribution in [0, 0.1) is 11.7 Å². The van der Waals surface area contributed by atoms with E-state index in [1.807, 2.05) is 4.90 Å². The number of nitrogens with one attached hydrogen (secondary N) is 1. The molecule has 30 heavy (non-hydrogen) atoms. The second-order valence-electron chi connectivity index (χ2n) is 9.57. The number of amides is 2. The van der Waals surface area contributed by atoms with E-state index >= 15 is 0 Å². The molecule has 0 saturated carbocycles. The van der Waals surface area contributed by atoms with Crippen molar-refractivity contribution in [1.29, 1.82) is 0 Å². The van der Waals surface area contributed by atoms with Gasteiger partial charge in [-0.2, -0.15) is 0 Å². The van der Waals surface area contributed by atoms with Gasteiger partial charge in [-0.25, -0.2) is 9.37 Å². The van der Waals surface area contributed by atoms with Crippen molar-refractivity contribution in [3.05, 3.63) is 29.8 Å². The average Bonchev–Trinajstić information content (AvgIpc) is 3.20. The van der Waals surface area contributed by atoms with Gasteiger partial charge in [0.15, 0.2) is 0 Å². The van der Waals surface area contributed by atoms with Gasteiger partial charge < -0.3 is 15.1 Å². The van der Waals surface area contributed by atoms with Gasteiger partial charge in [0.25, 0.3) is 0 Å². The smallest absolute Gasteiger partial charge is 0.227 e. The predicted molar refractivity (Wildman–Crippen MR) is 113 cm³/mol. The van der Waals surface area contributed by atoms with Crippen LogP contribution in [-0.4, -0.2) is 63.2 Å². The zero-order valence-corrected chi connectivity index (χ0v) is 18.1. The van der Waals surface area contributed by atoms with Crippen LogP contribution in [0.4, 0.5) is 10.2 Å². The number of nitrogens with zero attached hydrogens (tertiary/aromatic N) is 4. The van der Waals surface area contributed by atoms with Gasteiger partial charge >= 0.3 is 0 Å². The summed E-state index contributed by atoms with van der Waals surface area (Å²) < 4.78 is 15.7. The molecule has 4 heterocycles. The Kier molecular flexibility index (Phi) is 5.20. The number of anilines is 1. The molecule has 1 unspecified atom stereocenters. The maximum atomic E-state index is 13.9. The number of carbonyl (C=O) groups is 2. The highest BCUT2D eigenvalue weighted by Crippen LogP contribution is 2.35. The van der Waals surface area contributed by atoms with Crippen LogP contribution >= 0.6 is 0 Å². The normalized spacial score (nSPS) is 21.0. The quantitative estimate of drug-likeness (QED) is 0.837.